The zero-order valence-corrected chi connectivity index (χ0v) is 19.8. The summed E-state index contributed by atoms with van der Waals surface area (Å²) in [5, 5.41) is 9.93. The highest BCUT2D eigenvalue weighted by Crippen LogP contribution is 2.67. The predicted molar refractivity (Wildman–Crippen MR) is 122 cm³/mol. The van der Waals surface area contributed by atoms with E-state index in [-0.39, 0.29) is 35.6 Å². The SMILES string of the molecule is C=CCN(C)C(=O)[C@@H]1[C@@H]2CCC3(S2)C(C(=O)N(CC=C)C(C)C)N([C@H](C)CO)C(=O)[C@H]13. The van der Waals surface area contributed by atoms with Crippen molar-refractivity contribution in [1.82, 2.24) is 14.7 Å². The van der Waals surface area contributed by atoms with Gasteiger partial charge in [0.2, 0.25) is 17.7 Å². The standard InChI is InChI=1S/C23H35N3O4S/c1-7-11-24(6)20(28)17-16-9-10-23(31-16)18(17)21(29)26(15(5)13-27)19(23)22(30)25(12-8-2)14(3)4/h7-8,14-19,27H,1-2,9-13H2,3-6H3/t15-,16+,17-,18+,19?,23?/m1/s1. The smallest absolute Gasteiger partial charge is 0.247 e. The molecule has 0 aliphatic carbocycles. The van der Waals surface area contributed by atoms with Crippen LogP contribution in [-0.2, 0) is 14.4 Å². The lowest BCUT2D eigenvalue weighted by Crippen LogP contribution is -2.58. The van der Waals surface area contributed by atoms with Crippen LogP contribution in [0.1, 0.15) is 33.6 Å². The number of aliphatic hydroxyl groups is 1. The Bertz CT molecular complexity index is 772. The Morgan fingerprint density at radius 2 is 1.90 bits per heavy atom. The molecule has 0 aromatic rings. The van der Waals surface area contributed by atoms with Crippen LogP contribution < -0.4 is 0 Å². The molecule has 6 atom stereocenters. The van der Waals surface area contributed by atoms with Gasteiger partial charge in [-0.15, -0.1) is 24.9 Å². The number of thioether (sulfide) groups is 1. The maximum Gasteiger partial charge on any atom is 0.247 e. The number of rotatable bonds is 9. The van der Waals surface area contributed by atoms with Crippen LogP contribution in [0.2, 0.25) is 0 Å². The van der Waals surface area contributed by atoms with E-state index in [0.717, 1.165) is 12.8 Å². The fourth-order valence-electron chi connectivity index (χ4n) is 5.60. The van der Waals surface area contributed by atoms with Gasteiger partial charge in [-0.2, -0.15) is 0 Å². The quantitative estimate of drug-likeness (QED) is 0.540. The molecule has 3 saturated heterocycles. The number of likely N-dealkylation sites (N-methyl/N-ethyl adjacent to an activating group) is 1. The number of carbonyl (C=O) groups excluding carboxylic acids is 3. The van der Waals surface area contributed by atoms with Crippen molar-refractivity contribution in [2.45, 2.75) is 61.7 Å². The highest BCUT2D eigenvalue weighted by molar-refractivity contribution is 8.02. The second-order valence-electron chi connectivity index (χ2n) is 9.21. The molecule has 2 unspecified atom stereocenters. The molecule has 0 aromatic heterocycles. The van der Waals surface area contributed by atoms with Gasteiger partial charge in [0, 0.05) is 31.4 Å². The number of hydrogen-bond donors (Lipinski definition) is 1. The van der Waals surface area contributed by atoms with Crippen LogP contribution in [0.15, 0.2) is 25.3 Å². The minimum atomic E-state index is -0.688. The van der Waals surface area contributed by atoms with Crippen molar-refractivity contribution in [3.05, 3.63) is 25.3 Å². The molecule has 3 fully saturated rings. The molecule has 3 aliphatic heterocycles. The van der Waals surface area contributed by atoms with Crippen LogP contribution in [-0.4, -0.2) is 92.4 Å². The maximum absolute atomic E-state index is 13.9. The maximum atomic E-state index is 13.9. The first kappa shape index (κ1) is 23.9. The van der Waals surface area contributed by atoms with Gasteiger partial charge in [0.05, 0.1) is 29.2 Å². The molecule has 8 heteroatoms. The first-order valence-electron chi connectivity index (χ1n) is 11.0. The van der Waals surface area contributed by atoms with Gasteiger partial charge in [0.25, 0.3) is 0 Å². The lowest BCUT2D eigenvalue weighted by atomic mass is 9.70. The highest BCUT2D eigenvalue weighted by atomic mass is 32.2. The normalized spacial score (nSPS) is 32.2. The topological polar surface area (TPSA) is 81.2 Å². The molecule has 3 aliphatic rings. The Morgan fingerprint density at radius 3 is 2.45 bits per heavy atom. The van der Waals surface area contributed by atoms with Crippen LogP contribution in [0.4, 0.5) is 0 Å². The van der Waals surface area contributed by atoms with E-state index in [1.807, 2.05) is 13.8 Å². The zero-order chi connectivity index (χ0) is 23.1. The summed E-state index contributed by atoms with van der Waals surface area (Å²) in [7, 11) is 1.73. The summed E-state index contributed by atoms with van der Waals surface area (Å²) < 4.78 is -0.633. The van der Waals surface area contributed by atoms with Gasteiger partial charge < -0.3 is 19.8 Å². The van der Waals surface area contributed by atoms with Crippen molar-refractivity contribution >= 4 is 29.5 Å². The number of fused-ring (bicyclic) bond motifs is 1. The highest BCUT2D eigenvalue weighted by Gasteiger charge is 2.74. The van der Waals surface area contributed by atoms with Crippen LogP contribution in [0, 0.1) is 11.8 Å². The number of likely N-dealkylation sites (tertiary alicyclic amines) is 1. The first-order chi connectivity index (χ1) is 14.7. The van der Waals surface area contributed by atoms with Crippen LogP contribution in [0.5, 0.6) is 0 Å². The molecule has 2 bridgehead atoms. The summed E-state index contributed by atoms with van der Waals surface area (Å²) in [6.45, 7) is 13.7. The fourth-order valence-corrected chi connectivity index (χ4v) is 7.80. The largest absolute Gasteiger partial charge is 0.394 e. The van der Waals surface area contributed by atoms with Gasteiger partial charge in [-0.05, 0) is 33.6 Å². The summed E-state index contributed by atoms with van der Waals surface area (Å²) >= 11 is 1.65. The van der Waals surface area contributed by atoms with Gasteiger partial charge in [0.1, 0.15) is 6.04 Å². The van der Waals surface area contributed by atoms with E-state index in [0.29, 0.717) is 13.1 Å². The zero-order valence-electron chi connectivity index (χ0n) is 19.0. The Hall–Kier alpha value is -1.80. The van der Waals surface area contributed by atoms with E-state index >= 15 is 0 Å². The van der Waals surface area contributed by atoms with Gasteiger partial charge in [-0.3, -0.25) is 14.4 Å². The molecule has 1 spiro atoms. The summed E-state index contributed by atoms with van der Waals surface area (Å²) in [6.07, 6.45) is 4.89. The lowest BCUT2D eigenvalue weighted by Gasteiger charge is -2.40. The summed E-state index contributed by atoms with van der Waals surface area (Å²) in [4.78, 5) is 45.9. The van der Waals surface area contributed by atoms with E-state index in [9.17, 15) is 19.5 Å². The molecule has 172 valence electrons. The number of amides is 3. The van der Waals surface area contributed by atoms with E-state index in [1.165, 1.54) is 0 Å². The second-order valence-corrected chi connectivity index (χ2v) is 10.8. The third kappa shape index (κ3) is 3.61. The second kappa shape index (κ2) is 8.98. The van der Waals surface area contributed by atoms with Crippen molar-refractivity contribution < 1.29 is 19.5 Å². The Balaban J connectivity index is 2.06. The van der Waals surface area contributed by atoms with Crippen molar-refractivity contribution in [1.29, 1.82) is 0 Å². The average molecular weight is 450 g/mol. The molecule has 7 nitrogen and oxygen atoms in total. The molecule has 0 radical (unpaired) electrons. The molecule has 3 amide bonds. The van der Waals surface area contributed by atoms with E-state index in [2.05, 4.69) is 13.2 Å². The lowest BCUT2D eigenvalue weighted by molar-refractivity contribution is -0.147. The van der Waals surface area contributed by atoms with Gasteiger partial charge in [0.15, 0.2) is 0 Å². The molecule has 31 heavy (non-hydrogen) atoms. The van der Waals surface area contributed by atoms with Gasteiger partial charge >= 0.3 is 0 Å². The predicted octanol–water partition coefficient (Wildman–Crippen LogP) is 1.53. The number of nitrogens with zero attached hydrogens (tertiary/aromatic N) is 3. The number of aliphatic hydroxyl groups excluding tert-OH is 1. The van der Waals surface area contributed by atoms with Crippen molar-refractivity contribution in [3.63, 3.8) is 0 Å². The van der Waals surface area contributed by atoms with E-state index in [4.69, 9.17) is 0 Å². The molecule has 3 heterocycles. The summed E-state index contributed by atoms with van der Waals surface area (Å²) in [5.74, 6) is -1.35. The number of hydrogen-bond acceptors (Lipinski definition) is 5. The van der Waals surface area contributed by atoms with E-state index < -0.39 is 28.7 Å². The van der Waals surface area contributed by atoms with Gasteiger partial charge in [-0.25, -0.2) is 0 Å². The monoisotopic (exact) mass is 449 g/mol. The molecular formula is C23H35N3O4S. The minimum Gasteiger partial charge on any atom is -0.394 e. The van der Waals surface area contributed by atoms with Crippen molar-refractivity contribution in [3.8, 4) is 0 Å². The molecule has 1 N–H and O–H groups in total. The van der Waals surface area contributed by atoms with E-state index in [1.54, 1.807) is 52.6 Å². The third-order valence-corrected chi connectivity index (χ3v) is 8.96. The molecule has 3 rings (SSSR count). The Kier molecular flexibility index (Phi) is 6.91. The minimum absolute atomic E-state index is 0.0301. The van der Waals surface area contributed by atoms with Gasteiger partial charge in [-0.1, -0.05) is 12.2 Å². The average Bonchev–Trinajstić information content (AvgIpc) is 3.37. The summed E-state index contributed by atoms with van der Waals surface area (Å²) in [5.41, 5.74) is 0. The van der Waals surface area contributed by atoms with Crippen LogP contribution in [0.3, 0.4) is 0 Å². The third-order valence-electron chi connectivity index (χ3n) is 7.01. The Labute approximate surface area is 189 Å². The molecule has 0 saturated carbocycles. The fraction of sp³-hybridized carbons (Fsp3) is 0.696. The van der Waals surface area contributed by atoms with Crippen molar-refractivity contribution in [2.75, 3.05) is 26.7 Å². The Morgan fingerprint density at radius 1 is 1.26 bits per heavy atom. The molecule has 0 aromatic carbocycles. The molecular weight excluding hydrogens is 414 g/mol. The van der Waals surface area contributed by atoms with Crippen LogP contribution in [0.25, 0.3) is 0 Å². The van der Waals surface area contributed by atoms with Crippen molar-refractivity contribution in [2.24, 2.45) is 11.8 Å². The first-order valence-corrected chi connectivity index (χ1v) is 11.9. The summed E-state index contributed by atoms with van der Waals surface area (Å²) in [6, 6.07) is -1.24. The number of carbonyl (C=O) groups is 3. The van der Waals surface area contributed by atoms with Crippen LogP contribution >= 0.6 is 11.8 Å².